The standard InChI is InChI=1S/C16H28N2O/c1-12(2)8-14(5)19-16-6-7-18-15(9-16)11-17-10-13(3)4/h6-7,9,12-14,17H,8,10-11H2,1-5H3. The van der Waals surface area contributed by atoms with Crippen LogP contribution in [-0.4, -0.2) is 17.6 Å². The third-order valence-corrected chi connectivity index (χ3v) is 2.79. The van der Waals surface area contributed by atoms with Gasteiger partial charge in [0.1, 0.15) is 5.75 Å². The summed E-state index contributed by atoms with van der Waals surface area (Å²) in [5.74, 6) is 2.24. The molecule has 1 aromatic heterocycles. The fourth-order valence-corrected chi connectivity index (χ4v) is 2.06. The molecule has 108 valence electrons. The van der Waals surface area contributed by atoms with Gasteiger partial charge in [-0.25, -0.2) is 0 Å². The smallest absolute Gasteiger partial charge is 0.123 e. The number of nitrogens with one attached hydrogen (secondary N) is 1. The predicted molar refractivity (Wildman–Crippen MR) is 80.3 cm³/mol. The second-order valence-corrected chi connectivity index (χ2v) is 6.07. The van der Waals surface area contributed by atoms with Crippen molar-refractivity contribution < 1.29 is 4.74 Å². The van der Waals surface area contributed by atoms with Crippen LogP contribution in [0, 0.1) is 11.8 Å². The topological polar surface area (TPSA) is 34.1 Å². The third kappa shape index (κ3) is 7.16. The SMILES string of the molecule is CC(C)CNCc1cc(OC(C)CC(C)C)ccn1. The maximum atomic E-state index is 5.93. The maximum absolute atomic E-state index is 5.93. The second kappa shape index (κ2) is 8.16. The first-order valence-corrected chi connectivity index (χ1v) is 7.29. The molecule has 0 saturated carbocycles. The van der Waals surface area contributed by atoms with Gasteiger partial charge in [-0.1, -0.05) is 27.7 Å². The van der Waals surface area contributed by atoms with Gasteiger partial charge in [-0.3, -0.25) is 4.98 Å². The van der Waals surface area contributed by atoms with Crippen LogP contribution in [0.15, 0.2) is 18.3 Å². The molecule has 1 aromatic rings. The first-order valence-electron chi connectivity index (χ1n) is 7.29. The summed E-state index contributed by atoms with van der Waals surface area (Å²) >= 11 is 0. The van der Waals surface area contributed by atoms with Crippen molar-refractivity contribution in [3.8, 4) is 5.75 Å². The van der Waals surface area contributed by atoms with Gasteiger partial charge < -0.3 is 10.1 Å². The molecule has 0 aliphatic rings. The minimum atomic E-state index is 0.249. The Morgan fingerprint density at radius 3 is 2.53 bits per heavy atom. The zero-order chi connectivity index (χ0) is 14.3. The molecule has 3 nitrogen and oxygen atoms in total. The van der Waals surface area contributed by atoms with Gasteiger partial charge in [0, 0.05) is 18.8 Å². The van der Waals surface area contributed by atoms with E-state index >= 15 is 0 Å². The Morgan fingerprint density at radius 1 is 1.16 bits per heavy atom. The van der Waals surface area contributed by atoms with E-state index in [0.29, 0.717) is 11.8 Å². The molecule has 0 bridgehead atoms. The highest BCUT2D eigenvalue weighted by Gasteiger charge is 2.07. The molecular weight excluding hydrogens is 236 g/mol. The van der Waals surface area contributed by atoms with E-state index in [-0.39, 0.29) is 6.10 Å². The van der Waals surface area contributed by atoms with Gasteiger partial charge in [0.25, 0.3) is 0 Å². The largest absolute Gasteiger partial charge is 0.491 e. The Kier molecular flexibility index (Phi) is 6.85. The van der Waals surface area contributed by atoms with Gasteiger partial charge in [0.15, 0.2) is 0 Å². The van der Waals surface area contributed by atoms with E-state index < -0.39 is 0 Å². The van der Waals surface area contributed by atoms with Crippen molar-refractivity contribution in [1.29, 1.82) is 0 Å². The number of rotatable bonds is 8. The van der Waals surface area contributed by atoms with E-state index in [4.69, 9.17) is 4.74 Å². The van der Waals surface area contributed by atoms with Crippen molar-refractivity contribution in [2.75, 3.05) is 6.54 Å². The Labute approximate surface area is 117 Å². The Hall–Kier alpha value is -1.09. The van der Waals surface area contributed by atoms with Crippen LogP contribution < -0.4 is 10.1 Å². The van der Waals surface area contributed by atoms with Crippen LogP contribution in [-0.2, 0) is 6.54 Å². The number of aromatic nitrogens is 1. The molecule has 0 radical (unpaired) electrons. The lowest BCUT2D eigenvalue weighted by Gasteiger charge is -2.17. The van der Waals surface area contributed by atoms with Crippen molar-refractivity contribution in [3.63, 3.8) is 0 Å². The molecule has 3 heteroatoms. The van der Waals surface area contributed by atoms with E-state index in [1.165, 1.54) is 0 Å². The summed E-state index contributed by atoms with van der Waals surface area (Å²) in [4.78, 5) is 4.36. The Balaban J connectivity index is 2.47. The number of hydrogen-bond acceptors (Lipinski definition) is 3. The van der Waals surface area contributed by atoms with Gasteiger partial charge >= 0.3 is 0 Å². The molecule has 0 fully saturated rings. The van der Waals surface area contributed by atoms with Crippen molar-refractivity contribution in [1.82, 2.24) is 10.3 Å². The van der Waals surface area contributed by atoms with Crippen LogP contribution in [0.25, 0.3) is 0 Å². The van der Waals surface area contributed by atoms with Gasteiger partial charge in [-0.15, -0.1) is 0 Å². The average molecular weight is 264 g/mol. The van der Waals surface area contributed by atoms with Crippen LogP contribution in [0.3, 0.4) is 0 Å². The zero-order valence-electron chi connectivity index (χ0n) is 12.9. The molecular formula is C16H28N2O. The van der Waals surface area contributed by atoms with Crippen molar-refractivity contribution in [2.45, 2.75) is 53.7 Å². The van der Waals surface area contributed by atoms with E-state index in [1.54, 1.807) is 0 Å². The highest BCUT2D eigenvalue weighted by Crippen LogP contribution is 2.16. The number of hydrogen-bond donors (Lipinski definition) is 1. The number of pyridine rings is 1. The van der Waals surface area contributed by atoms with E-state index in [0.717, 1.165) is 31.0 Å². The summed E-state index contributed by atoms with van der Waals surface area (Å²) in [6.07, 6.45) is 3.14. The molecule has 0 aliphatic heterocycles. The van der Waals surface area contributed by atoms with Crippen molar-refractivity contribution in [3.05, 3.63) is 24.0 Å². The predicted octanol–water partition coefficient (Wildman–Crippen LogP) is 3.64. The summed E-state index contributed by atoms with van der Waals surface area (Å²) in [6, 6.07) is 3.97. The molecule has 1 atom stereocenters. The molecule has 0 amide bonds. The number of ether oxygens (including phenoxy) is 1. The molecule has 1 unspecified atom stereocenters. The van der Waals surface area contributed by atoms with Crippen molar-refractivity contribution >= 4 is 0 Å². The Bertz CT molecular complexity index is 364. The highest BCUT2D eigenvalue weighted by atomic mass is 16.5. The van der Waals surface area contributed by atoms with Gasteiger partial charge in [-0.2, -0.15) is 0 Å². The van der Waals surface area contributed by atoms with Crippen LogP contribution in [0.1, 0.15) is 46.7 Å². The summed E-state index contributed by atoms with van der Waals surface area (Å²) in [7, 11) is 0. The maximum Gasteiger partial charge on any atom is 0.123 e. The molecule has 1 rings (SSSR count). The van der Waals surface area contributed by atoms with Gasteiger partial charge in [0.05, 0.1) is 11.8 Å². The lowest BCUT2D eigenvalue weighted by atomic mass is 10.1. The summed E-state index contributed by atoms with van der Waals surface area (Å²) in [6.45, 7) is 12.8. The molecule has 1 N–H and O–H groups in total. The minimum Gasteiger partial charge on any atom is -0.491 e. The monoisotopic (exact) mass is 264 g/mol. The lowest BCUT2D eigenvalue weighted by molar-refractivity contribution is 0.193. The molecule has 0 spiro atoms. The highest BCUT2D eigenvalue weighted by molar-refractivity contribution is 5.22. The van der Waals surface area contributed by atoms with Gasteiger partial charge in [-0.05, 0) is 37.8 Å². The second-order valence-electron chi connectivity index (χ2n) is 6.07. The van der Waals surface area contributed by atoms with Crippen LogP contribution in [0.5, 0.6) is 5.75 Å². The van der Waals surface area contributed by atoms with E-state index in [2.05, 4.69) is 44.9 Å². The average Bonchev–Trinajstić information content (AvgIpc) is 2.27. The van der Waals surface area contributed by atoms with Crippen LogP contribution in [0.4, 0.5) is 0 Å². The summed E-state index contributed by atoms with van der Waals surface area (Å²) in [5.41, 5.74) is 1.04. The van der Waals surface area contributed by atoms with Gasteiger partial charge in [0.2, 0.25) is 0 Å². The third-order valence-electron chi connectivity index (χ3n) is 2.79. The summed E-state index contributed by atoms with van der Waals surface area (Å²) in [5, 5.41) is 3.40. The fraction of sp³-hybridized carbons (Fsp3) is 0.688. The Morgan fingerprint density at radius 2 is 1.89 bits per heavy atom. The van der Waals surface area contributed by atoms with Crippen LogP contribution >= 0.6 is 0 Å². The minimum absolute atomic E-state index is 0.249. The number of nitrogens with zero attached hydrogens (tertiary/aromatic N) is 1. The van der Waals surface area contributed by atoms with E-state index in [1.807, 2.05) is 18.3 Å². The zero-order valence-corrected chi connectivity index (χ0v) is 12.9. The summed E-state index contributed by atoms with van der Waals surface area (Å²) < 4.78 is 5.93. The first kappa shape index (κ1) is 16.0. The molecule has 0 saturated heterocycles. The van der Waals surface area contributed by atoms with Crippen LogP contribution in [0.2, 0.25) is 0 Å². The molecule has 0 aliphatic carbocycles. The molecule has 19 heavy (non-hydrogen) atoms. The normalized spacial score (nSPS) is 13.0. The molecule has 1 heterocycles. The fourth-order valence-electron chi connectivity index (χ4n) is 2.06. The first-order chi connectivity index (χ1) is 8.97. The van der Waals surface area contributed by atoms with Crippen molar-refractivity contribution in [2.24, 2.45) is 11.8 Å². The van der Waals surface area contributed by atoms with E-state index in [9.17, 15) is 0 Å². The molecule has 0 aromatic carbocycles. The quantitative estimate of drug-likeness (QED) is 0.778. The lowest BCUT2D eigenvalue weighted by Crippen LogP contribution is -2.20.